The summed E-state index contributed by atoms with van der Waals surface area (Å²) in [7, 11) is 0. The molecule has 0 atom stereocenters. The molecule has 0 aliphatic rings. The van der Waals surface area contributed by atoms with E-state index in [1.807, 2.05) is 6.07 Å². The van der Waals surface area contributed by atoms with Gasteiger partial charge in [-0.05, 0) is 78.2 Å². The summed E-state index contributed by atoms with van der Waals surface area (Å²) in [6, 6.07) is 18.0. The van der Waals surface area contributed by atoms with Crippen molar-refractivity contribution in [3.8, 4) is 17.6 Å². The maximum absolute atomic E-state index is 14.6. The number of unbranched alkanes of at least 4 members (excludes halogenated alkanes) is 1. The van der Waals surface area contributed by atoms with E-state index >= 15 is 0 Å². The van der Waals surface area contributed by atoms with Gasteiger partial charge in [-0.3, -0.25) is 0 Å². The van der Waals surface area contributed by atoms with Gasteiger partial charge in [0.1, 0.15) is 18.1 Å². The molecule has 0 saturated carbocycles. The smallest absolute Gasteiger partial charge is 0.426 e. The molecule has 0 unspecified atom stereocenters. The predicted octanol–water partition coefficient (Wildman–Crippen LogP) is 5.42. The molecule has 36 heavy (non-hydrogen) atoms. The monoisotopic (exact) mass is 493 g/mol. The zero-order chi connectivity index (χ0) is 26.0. The van der Waals surface area contributed by atoms with Gasteiger partial charge in [0.25, 0.3) is 0 Å². The minimum Gasteiger partial charge on any atom is -0.494 e. The fourth-order valence-corrected chi connectivity index (χ4v) is 3.14. The molecule has 3 aromatic rings. The van der Waals surface area contributed by atoms with Crippen molar-refractivity contribution in [2.75, 3.05) is 18.1 Å². The van der Waals surface area contributed by atoms with Crippen LogP contribution < -0.4 is 20.9 Å². The summed E-state index contributed by atoms with van der Waals surface area (Å²) >= 11 is 0. The van der Waals surface area contributed by atoms with Crippen LogP contribution in [0.4, 0.5) is 20.2 Å². The van der Waals surface area contributed by atoms with Gasteiger partial charge in [-0.2, -0.15) is 14.0 Å². The lowest BCUT2D eigenvalue weighted by atomic mass is 10.2. The summed E-state index contributed by atoms with van der Waals surface area (Å²) in [5, 5.41) is 8.51. The quantitative estimate of drug-likeness (QED) is 0.158. The Kier molecular flexibility index (Phi) is 8.84. The zero-order valence-electron chi connectivity index (χ0n) is 19.3. The van der Waals surface area contributed by atoms with Gasteiger partial charge in [-0.15, -0.1) is 0 Å². The molecular weight excluding hydrogens is 468 g/mol. The van der Waals surface area contributed by atoms with Crippen LogP contribution >= 0.6 is 0 Å². The second-order valence-corrected chi connectivity index (χ2v) is 7.77. The first-order valence-corrected chi connectivity index (χ1v) is 11.0. The Balaban J connectivity index is 1.51. The van der Waals surface area contributed by atoms with Crippen molar-refractivity contribution in [3.05, 3.63) is 89.5 Å². The SMILES string of the molecule is N#CCCCOc1ccc(C(F)(F)Oc2ccc(/C=C/C(=O)OCc3cc(N)cc(N)c3)cc2)cc1. The molecule has 3 aromatic carbocycles. The number of carbonyl (C=O) groups excluding carboxylic acids is 1. The van der Waals surface area contributed by atoms with Gasteiger partial charge in [0, 0.05) is 23.9 Å². The molecule has 0 bridgehead atoms. The van der Waals surface area contributed by atoms with E-state index < -0.39 is 12.1 Å². The van der Waals surface area contributed by atoms with Crippen molar-refractivity contribution < 1.29 is 27.8 Å². The Bertz CT molecular complexity index is 1220. The third-order valence-electron chi connectivity index (χ3n) is 4.85. The number of nitrogen functional groups attached to an aromatic ring is 2. The average molecular weight is 494 g/mol. The summed E-state index contributed by atoms with van der Waals surface area (Å²) in [6.07, 6.45) is 0.0770. The topological polar surface area (TPSA) is 121 Å². The molecule has 0 aliphatic heterocycles. The fourth-order valence-electron chi connectivity index (χ4n) is 3.14. The molecule has 0 aromatic heterocycles. The number of nitrogens with zero attached hydrogens (tertiary/aromatic N) is 1. The molecule has 0 aliphatic carbocycles. The maximum Gasteiger partial charge on any atom is 0.426 e. The van der Waals surface area contributed by atoms with E-state index in [2.05, 4.69) is 0 Å². The number of anilines is 2. The first kappa shape index (κ1) is 26.0. The minimum absolute atomic E-state index is 0.00850. The van der Waals surface area contributed by atoms with Gasteiger partial charge in [0.05, 0.1) is 18.2 Å². The molecule has 186 valence electrons. The highest BCUT2D eigenvalue weighted by molar-refractivity contribution is 5.87. The minimum atomic E-state index is -3.56. The summed E-state index contributed by atoms with van der Waals surface area (Å²) in [6.45, 7) is 0.337. The highest BCUT2D eigenvalue weighted by atomic mass is 19.3. The second kappa shape index (κ2) is 12.2. The molecular formula is C27H25F2N3O4. The van der Waals surface area contributed by atoms with E-state index in [0.717, 1.165) is 0 Å². The number of hydrogen-bond acceptors (Lipinski definition) is 7. The van der Waals surface area contributed by atoms with Crippen molar-refractivity contribution in [3.63, 3.8) is 0 Å². The lowest BCUT2D eigenvalue weighted by Gasteiger charge is -2.18. The molecule has 0 spiro atoms. The van der Waals surface area contributed by atoms with Gasteiger partial charge >= 0.3 is 12.1 Å². The van der Waals surface area contributed by atoms with Crippen LogP contribution in [0, 0.1) is 11.3 Å². The highest BCUT2D eigenvalue weighted by Gasteiger charge is 2.34. The van der Waals surface area contributed by atoms with Crippen LogP contribution in [-0.2, 0) is 22.2 Å². The van der Waals surface area contributed by atoms with Crippen LogP contribution in [0.5, 0.6) is 11.5 Å². The summed E-state index contributed by atoms with van der Waals surface area (Å²) in [4.78, 5) is 12.0. The van der Waals surface area contributed by atoms with Crippen LogP contribution in [0.25, 0.3) is 6.08 Å². The summed E-state index contributed by atoms with van der Waals surface area (Å²) in [5.74, 6) is -0.199. The Morgan fingerprint density at radius 1 is 0.972 bits per heavy atom. The van der Waals surface area contributed by atoms with Crippen LogP contribution in [0.1, 0.15) is 29.5 Å². The van der Waals surface area contributed by atoms with E-state index in [0.29, 0.717) is 47.7 Å². The number of ether oxygens (including phenoxy) is 3. The third-order valence-corrected chi connectivity index (χ3v) is 4.85. The highest BCUT2D eigenvalue weighted by Crippen LogP contribution is 2.32. The van der Waals surface area contributed by atoms with E-state index in [1.165, 1.54) is 60.7 Å². The normalized spacial score (nSPS) is 11.1. The van der Waals surface area contributed by atoms with Crippen molar-refractivity contribution in [1.82, 2.24) is 0 Å². The number of nitriles is 1. The number of esters is 1. The Morgan fingerprint density at radius 2 is 1.61 bits per heavy atom. The van der Waals surface area contributed by atoms with Crippen LogP contribution in [0.3, 0.4) is 0 Å². The average Bonchev–Trinajstić information content (AvgIpc) is 2.84. The Morgan fingerprint density at radius 3 is 2.25 bits per heavy atom. The number of benzene rings is 3. The van der Waals surface area contributed by atoms with Gasteiger partial charge in [-0.25, -0.2) is 4.79 Å². The lowest BCUT2D eigenvalue weighted by molar-refractivity contribution is -0.185. The molecule has 0 amide bonds. The molecule has 3 rings (SSSR count). The van der Waals surface area contributed by atoms with Gasteiger partial charge in [0.2, 0.25) is 0 Å². The predicted molar refractivity (Wildman–Crippen MR) is 132 cm³/mol. The van der Waals surface area contributed by atoms with Crippen LogP contribution in [0.2, 0.25) is 0 Å². The molecule has 0 fully saturated rings. The van der Waals surface area contributed by atoms with E-state index in [1.54, 1.807) is 18.2 Å². The number of carbonyl (C=O) groups is 1. The first-order valence-electron chi connectivity index (χ1n) is 11.0. The summed E-state index contributed by atoms with van der Waals surface area (Å²) < 4.78 is 44.6. The molecule has 0 heterocycles. The number of rotatable bonds is 11. The second-order valence-electron chi connectivity index (χ2n) is 7.77. The number of alkyl halides is 2. The van der Waals surface area contributed by atoms with Crippen molar-refractivity contribution in [2.24, 2.45) is 0 Å². The first-order chi connectivity index (χ1) is 17.2. The van der Waals surface area contributed by atoms with E-state index in [-0.39, 0.29) is 17.9 Å². The third kappa shape index (κ3) is 8.02. The van der Waals surface area contributed by atoms with E-state index in [9.17, 15) is 13.6 Å². The Hall–Kier alpha value is -4.58. The molecule has 0 radical (unpaired) electrons. The van der Waals surface area contributed by atoms with Crippen molar-refractivity contribution >= 4 is 23.4 Å². The van der Waals surface area contributed by atoms with E-state index in [4.69, 9.17) is 30.9 Å². The van der Waals surface area contributed by atoms with Crippen LogP contribution in [0.15, 0.2) is 72.8 Å². The van der Waals surface area contributed by atoms with Crippen LogP contribution in [-0.4, -0.2) is 12.6 Å². The zero-order valence-corrected chi connectivity index (χ0v) is 19.3. The maximum atomic E-state index is 14.6. The molecule has 7 nitrogen and oxygen atoms in total. The van der Waals surface area contributed by atoms with Crippen molar-refractivity contribution in [1.29, 1.82) is 5.26 Å². The molecule has 0 saturated heterocycles. The lowest BCUT2D eigenvalue weighted by Crippen LogP contribution is -2.21. The van der Waals surface area contributed by atoms with Gasteiger partial charge in [0.15, 0.2) is 0 Å². The van der Waals surface area contributed by atoms with Gasteiger partial charge in [-0.1, -0.05) is 12.1 Å². The molecule has 4 N–H and O–H groups in total. The fraction of sp³-hybridized carbons (Fsp3) is 0.185. The number of hydrogen-bond donors (Lipinski definition) is 2. The standard InChI is InChI=1S/C27H25F2N3O4/c28-27(29,21-6-10-24(11-7-21)34-14-2-1-13-30)36-25-8-3-19(4-9-25)5-12-26(33)35-18-20-15-22(31)17-23(32)16-20/h3-12,15-17H,1-2,14,18,31-32H2/b12-5+. The van der Waals surface area contributed by atoms with Crippen molar-refractivity contribution in [2.45, 2.75) is 25.6 Å². The molecule has 9 heteroatoms. The Labute approximate surface area is 207 Å². The summed E-state index contributed by atoms with van der Waals surface area (Å²) in [5.41, 5.74) is 13.3. The number of nitrogens with two attached hydrogens (primary N) is 2. The number of halogens is 2. The van der Waals surface area contributed by atoms with Gasteiger partial charge < -0.3 is 25.7 Å². The largest absolute Gasteiger partial charge is 0.494 e.